The molecule has 1 rings (SSSR count). The van der Waals surface area contributed by atoms with Gasteiger partial charge in [0, 0.05) is 11.6 Å². The van der Waals surface area contributed by atoms with Crippen LogP contribution in [-0.4, -0.2) is 5.11 Å². The number of aromatic hydroxyl groups is 1. The number of benzene rings is 1. The van der Waals surface area contributed by atoms with Crippen molar-refractivity contribution in [3.05, 3.63) is 40.6 Å². The van der Waals surface area contributed by atoms with Gasteiger partial charge >= 0.3 is 0 Å². The van der Waals surface area contributed by atoms with Crippen LogP contribution in [0.3, 0.4) is 0 Å². The highest BCUT2D eigenvalue weighted by atomic mass is 79.9. The molecule has 0 aliphatic carbocycles. The first kappa shape index (κ1) is 12.2. The van der Waals surface area contributed by atoms with Crippen molar-refractivity contribution in [1.29, 1.82) is 0 Å². The third kappa shape index (κ3) is 2.79. The number of rotatable bonds is 4. The molecular formula is C11H13BrFNO. The van der Waals surface area contributed by atoms with Crippen LogP contribution < -0.4 is 5.73 Å². The zero-order chi connectivity index (χ0) is 11.4. The van der Waals surface area contributed by atoms with Gasteiger partial charge in [0.25, 0.3) is 0 Å². The van der Waals surface area contributed by atoms with Crippen molar-refractivity contribution in [1.82, 2.24) is 0 Å². The van der Waals surface area contributed by atoms with E-state index in [2.05, 4.69) is 22.5 Å². The van der Waals surface area contributed by atoms with E-state index < -0.39 is 11.9 Å². The quantitative estimate of drug-likeness (QED) is 0.828. The van der Waals surface area contributed by atoms with Crippen LogP contribution in [0.15, 0.2) is 29.3 Å². The van der Waals surface area contributed by atoms with E-state index >= 15 is 0 Å². The zero-order valence-electron chi connectivity index (χ0n) is 8.21. The minimum atomic E-state index is -0.513. The molecule has 0 heterocycles. The summed E-state index contributed by atoms with van der Waals surface area (Å²) in [5.41, 5.74) is 5.94. The maximum atomic E-state index is 13.4. The van der Waals surface area contributed by atoms with Crippen LogP contribution in [0, 0.1) is 5.82 Å². The minimum Gasteiger partial charge on any atom is -0.506 e. The van der Waals surface area contributed by atoms with Crippen molar-refractivity contribution in [2.45, 2.75) is 18.9 Å². The fraction of sp³-hybridized carbons (Fsp3) is 0.273. The Labute approximate surface area is 96.7 Å². The maximum absolute atomic E-state index is 13.4. The van der Waals surface area contributed by atoms with E-state index in [1.807, 2.05) is 0 Å². The van der Waals surface area contributed by atoms with E-state index in [1.54, 1.807) is 6.08 Å². The summed E-state index contributed by atoms with van der Waals surface area (Å²) in [5.74, 6) is -0.598. The van der Waals surface area contributed by atoms with Gasteiger partial charge in [0.15, 0.2) is 0 Å². The summed E-state index contributed by atoms with van der Waals surface area (Å²) in [6.45, 7) is 3.57. The van der Waals surface area contributed by atoms with Crippen LogP contribution in [0.1, 0.15) is 24.4 Å². The van der Waals surface area contributed by atoms with Gasteiger partial charge in [-0.1, -0.05) is 6.08 Å². The highest BCUT2D eigenvalue weighted by Crippen LogP contribution is 2.34. The molecule has 0 spiro atoms. The number of allylic oxidation sites excluding steroid dienone is 1. The molecule has 2 nitrogen and oxygen atoms in total. The van der Waals surface area contributed by atoms with Crippen molar-refractivity contribution in [2.75, 3.05) is 0 Å². The van der Waals surface area contributed by atoms with Crippen molar-refractivity contribution in [3.8, 4) is 5.75 Å². The first-order valence-electron chi connectivity index (χ1n) is 4.61. The fourth-order valence-electron chi connectivity index (χ4n) is 1.35. The van der Waals surface area contributed by atoms with E-state index in [1.165, 1.54) is 12.1 Å². The van der Waals surface area contributed by atoms with Gasteiger partial charge in [-0.05, 0) is 40.9 Å². The number of hydrogen-bond acceptors (Lipinski definition) is 2. The Balaban J connectivity index is 3.01. The molecule has 82 valence electrons. The smallest absolute Gasteiger partial charge is 0.137 e. The first-order valence-corrected chi connectivity index (χ1v) is 5.40. The van der Waals surface area contributed by atoms with Crippen LogP contribution in [0.5, 0.6) is 5.75 Å². The summed E-state index contributed by atoms with van der Waals surface area (Å²) >= 11 is 3.12. The minimum absolute atomic E-state index is 0.119. The van der Waals surface area contributed by atoms with Crippen LogP contribution >= 0.6 is 15.9 Å². The third-order valence-corrected chi connectivity index (χ3v) is 2.81. The van der Waals surface area contributed by atoms with Gasteiger partial charge in [-0.15, -0.1) is 6.58 Å². The van der Waals surface area contributed by atoms with Crippen molar-refractivity contribution >= 4 is 15.9 Å². The molecule has 0 aromatic heterocycles. The lowest BCUT2D eigenvalue weighted by Crippen LogP contribution is -2.12. The van der Waals surface area contributed by atoms with E-state index in [0.29, 0.717) is 17.3 Å². The molecule has 0 amide bonds. The Kier molecular flexibility index (Phi) is 4.29. The van der Waals surface area contributed by atoms with Crippen molar-refractivity contribution in [3.63, 3.8) is 0 Å². The molecule has 3 N–H and O–H groups in total. The van der Waals surface area contributed by atoms with Gasteiger partial charge in [0.1, 0.15) is 11.6 Å². The second kappa shape index (κ2) is 5.28. The SMILES string of the molecule is C=CCC[C@H](N)c1c(F)ccc(Br)c1O. The number of nitrogens with two attached hydrogens (primary N) is 1. The predicted octanol–water partition coefficient (Wildman–Crippen LogP) is 3.26. The van der Waals surface area contributed by atoms with Gasteiger partial charge in [-0.25, -0.2) is 4.39 Å². The summed E-state index contributed by atoms with van der Waals surface area (Å²) in [4.78, 5) is 0. The summed E-state index contributed by atoms with van der Waals surface area (Å²) < 4.78 is 13.9. The molecule has 1 aromatic carbocycles. The average Bonchev–Trinajstić information content (AvgIpc) is 2.21. The Morgan fingerprint density at radius 3 is 2.87 bits per heavy atom. The van der Waals surface area contributed by atoms with Crippen molar-refractivity contribution < 1.29 is 9.50 Å². The second-order valence-corrected chi connectivity index (χ2v) is 4.12. The molecule has 1 atom stereocenters. The Bertz CT molecular complexity index is 368. The van der Waals surface area contributed by atoms with Crippen LogP contribution in [0.25, 0.3) is 0 Å². The topological polar surface area (TPSA) is 46.2 Å². The lowest BCUT2D eigenvalue weighted by Gasteiger charge is -2.14. The van der Waals surface area contributed by atoms with E-state index in [4.69, 9.17) is 5.73 Å². The first-order chi connectivity index (χ1) is 7.07. The molecule has 0 unspecified atom stereocenters. The van der Waals surface area contributed by atoms with Gasteiger partial charge in [-0.2, -0.15) is 0 Å². The number of phenolic OH excluding ortho intramolecular Hbond substituents is 1. The number of hydrogen-bond donors (Lipinski definition) is 2. The summed E-state index contributed by atoms with van der Waals surface area (Å²) in [6, 6.07) is 2.22. The molecule has 4 heteroatoms. The normalized spacial score (nSPS) is 12.5. The van der Waals surface area contributed by atoms with Gasteiger partial charge in [0.2, 0.25) is 0 Å². The molecular weight excluding hydrogens is 261 g/mol. The average molecular weight is 274 g/mol. The molecule has 0 fully saturated rings. The van der Waals surface area contributed by atoms with Gasteiger partial charge in [0.05, 0.1) is 4.47 Å². The molecule has 0 aliphatic rings. The van der Waals surface area contributed by atoms with Gasteiger partial charge < -0.3 is 10.8 Å². The number of phenols is 1. The highest BCUT2D eigenvalue weighted by molar-refractivity contribution is 9.10. The van der Waals surface area contributed by atoms with Crippen LogP contribution in [-0.2, 0) is 0 Å². The maximum Gasteiger partial charge on any atom is 0.137 e. The Morgan fingerprint density at radius 2 is 2.27 bits per heavy atom. The predicted molar refractivity (Wildman–Crippen MR) is 62.1 cm³/mol. The lowest BCUT2D eigenvalue weighted by molar-refractivity contribution is 0.442. The van der Waals surface area contributed by atoms with Crippen LogP contribution in [0.4, 0.5) is 4.39 Å². The second-order valence-electron chi connectivity index (χ2n) is 3.26. The fourth-order valence-corrected chi connectivity index (χ4v) is 1.70. The molecule has 15 heavy (non-hydrogen) atoms. The summed E-state index contributed by atoms with van der Waals surface area (Å²) in [6.07, 6.45) is 2.96. The molecule has 1 aromatic rings. The molecule has 0 saturated heterocycles. The van der Waals surface area contributed by atoms with Crippen LogP contribution in [0.2, 0.25) is 0 Å². The molecule has 0 radical (unpaired) electrons. The number of halogens is 2. The third-order valence-electron chi connectivity index (χ3n) is 2.17. The van der Waals surface area contributed by atoms with E-state index in [0.717, 1.165) is 0 Å². The monoisotopic (exact) mass is 273 g/mol. The summed E-state index contributed by atoms with van der Waals surface area (Å²) in [7, 11) is 0. The molecule has 0 aliphatic heterocycles. The molecule has 0 saturated carbocycles. The molecule has 0 bridgehead atoms. The zero-order valence-corrected chi connectivity index (χ0v) is 9.80. The largest absolute Gasteiger partial charge is 0.506 e. The Hall–Kier alpha value is -0.870. The van der Waals surface area contributed by atoms with E-state index in [-0.39, 0.29) is 11.3 Å². The lowest BCUT2D eigenvalue weighted by atomic mass is 10.0. The summed E-state index contributed by atoms with van der Waals surface area (Å²) in [5, 5.41) is 9.66. The van der Waals surface area contributed by atoms with Gasteiger partial charge in [-0.3, -0.25) is 0 Å². The van der Waals surface area contributed by atoms with Crippen molar-refractivity contribution in [2.24, 2.45) is 5.73 Å². The van der Waals surface area contributed by atoms with E-state index in [9.17, 15) is 9.50 Å². The Morgan fingerprint density at radius 1 is 1.60 bits per heavy atom. The standard InChI is InChI=1S/C11H13BrFNO/c1-2-3-4-9(14)10-8(13)6-5-7(12)11(10)15/h2,5-6,9,15H,1,3-4,14H2/t9-/m0/s1. The highest BCUT2D eigenvalue weighted by Gasteiger charge is 2.17.